The summed E-state index contributed by atoms with van der Waals surface area (Å²) in [7, 11) is 5.33. The van der Waals surface area contributed by atoms with Gasteiger partial charge in [-0.3, -0.25) is 4.79 Å². The number of methoxy groups -OCH3 is 1. The van der Waals surface area contributed by atoms with Crippen molar-refractivity contribution < 1.29 is 9.53 Å². The SMILES string of the molecule is COc1ccnc(NC[C@@H]2CC(=O)N(C)[C@H]2c2nccn2C)n1. The summed E-state index contributed by atoms with van der Waals surface area (Å²) in [6, 6.07) is 1.63. The average Bonchev–Trinajstić information content (AvgIpc) is 3.09. The molecule has 1 aliphatic heterocycles. The fraction of sp³-hybridized carbons (Fsp3) is 0.467. The number of likely N-dealkylation sites (tertiary alicyclic amines) is 1. The van der Waals surface area contributed by atoms with Gasteiger partial charge in [-0.15, -0.1) is 0 Å². The van der Waals surface area contributed by atoms with Crippen LogP contribution >= 0.6 is 0 Å². The van der Waals surface area contributed by atoms with Gasteiger partial charge < -0.3 is 19.5 Å². The van der Waals surface area contributed by atoms with Gasteiger partial charge >= 0.3 is 0 Å². The molecule has 0 spiro atoms. The van der Waals surface area contributed by atoms with Crippen LogP contribution in [0.3, 0.4) is 0 Å². The third kappa shape index (κ3) is 2.96. The summed E-state index contributed by atoms with van der Waals surface area (Å²) in [5, 5.41) is 3.20. The molecule has 3 heterocycles. The van der Waals surface area contributed by atoms with Gasteiger partial charge in [0.25, 0.3) is 0 Å². The van der Waals surface area contributed by atoms with Crippen LogP contribution in [0.25, 0.3) is 0 Å². The van der Waals surface area contributed by atoms with Crippen LogP contribution in [-0.2, 0) is 11.8 Å². The zero-order valence-electron chi connectivity index (χ0n) is 13.4. The van der Waals surface area contributed by atoms with Crippen molar-refractivity contribution in [2.75, 3.05) is 26.0 Å². The maximum Gasteiger partial charge on any atom is 0.225 e. The van der Waals surface area contributed by atoms with Crippen LogP contribution in [0.15, 0.2) is 24.7 Å². The molecule has 0 aliphatic carbocycles. The van der Waals surface area contributed by atoms with Crippen molar-refractivity contribution >= 4 is 11.9 Å². The Labute approximate surface area is 134 Å². The van der Waals surface area contributed by atoms with Crippen molar-refractivity contribution in [3.63, 3.8) is 0 Å². The molecule has 1 aliphatic rings. The standard InChI is InChI=1S/C15H20N6O2/c1-20-7-6-16-14(20)13-10(8-12(22)21(13)2)9-18-15-17-5-4-11(19-15)23-3/h4-7,10,13H,8-9H2,1-3H3,(H,17,18,19)/t10-,13+/m0/s1. The molecule has 2 atom stereocenters. The lowest BCUT2D eigenvalue weighted by molar-refractivity contribution is -0.127. The number of hydrogen-bond donors (Lipinski definition) is 1. The number of ether oxygens (including phenoxy) is 1. The van der Waals surface area contributed by atoms with Gasteiger partial charge in [-0.25, -0.2) is 9.97 Å². The van der Waals surface area contributed by atoms with Crippen LogP contribution in [0, 0.1) is 5.92 Å². The Morgan fingerprint density at radius 2 is 2.17 bits per heavy atom. The quantitative estimate of drug-likeness (QED) is 0.880. The highest BCUT2D eigenvalue weighted by Gasteiger charge is 2.40. The molecule has 0 radical (unpaired) electrons. The minimum Gasteiger partial charge on any atom is -0.481 e. The van der Waals surface area contributed by atoms with Gasteiger partial charge in [0, 0.05) is 57.6 Å². The van der Waals surface area contributed by atoms with E-state index < -0.39 is 0 Å². The van der Waals surface area contributed by atoms with Crippen molar-refractivity contribution in [3.05, 3.63) is 30.5 Å². The van der Waals surface area contributed by atoms with Crippen LogP contribution < -0.4 is 10.1 Å². The van der Waals surface area contributed by atoms with Crippen LogP contribution in [0.2, 0.25) is 0 Å². The molecule has 23 heavy (non-hydrogen) atoms. The normalized spacial score (nSPS) is 20.8. The average molecular weight is 316 g/mol. The number of nitrogens with one attached hydrogen (secondary N) is 1. The van der Waals surface area contributed by atoms with Gasteiger partial charge in [-0.2, -0.15) is 4.98 Å². The Morgan fingerprint density at radius 1 is 1.35 bits per heavy atom. The van der Waals surface area contributed by atoms with E-state index in [0.717, 1.165) is 5.82 Å². The molecule has 1 saturated heterocycles. The lowest BCUT2D eigenvalue weighted by atomic mass is 9.99. The molecule has 1 amide bonds. The first-order valence-electron chi connectivity index (χ1n) is 7.44. The zero-order valence-corrected chi connectivity index (χ0v) is 13.4. The molecule has 0 bridgehead atoms. The molecule has 3 rings (SSSR count). The van der Waals surface area contributed by atoms with E-state index >= 15 is 0 Å². The fourth-order valence-corrected chi connectivity index (χ4v) is 2.94. The van der Waals surface area contributed by atoms with Crippen LogP contribution in [0.4, 0.5) is 5.95 Å². The second-order valence-electron chi connectivity index (χ2n) is 5.61. The number of aryl methyl sites for hydroxylation is 1. The smallest absolute Gasteiger partial charge is 0.225 e. The fourth-order valence-electron chi connectivity index (χ4n) is 2.94. The topological polar surface area (TPSA) is 85.2 Å². The minimum absolute atomic E-state index is 0.0550. The number of carbonyl (C=O) groups is 1. The largest absolute Gasteiger partial charge is 0.481 e. The predicted octanol–water partition coefficient (Wildman–Crippen LogP) is 0.850. The van der Waals surface area contributed by atoms with E-state index in [0.29, 0.717) is 24.8 Å². The minimum atomic E-state index is -0.0550. The van der Waals surface area contributed by atoms with Gasteiger partial charge in [0.2, 0.25) is 17.7 Å². The highest BCUT2D eigenvalue weighted by Crippen LogP contribution is 2.35. The second kappa shape index (κ2) is 6.23. The summed E-state index contributed by atoms with van der Waals surface area (Å²) in [5.41, 5.74) is 0. The monoisotopic (exact) mass is 316 g/mol. The molecule has 0 aromatic carbocycles. The first kappa shape index (κ1) is 15.3. The van der Waals surface area contributed by atoms with Crippen molar-refractivity contribution in [1.29, 1.82) is 0 Å². The van der Waals surface area contributed by atoms with Crippen molar-refractivity contribution in [2.45, 2.75) is 12.5 Å². The van der Waals surface area contributed by atoms with E-state index in [1.54, 1.807) is 30.5 Å². The maximum absolute atomic E-state index is 12.1. The summed E-state index contributed by atoms with van der Waals surface area (Å²) >= 11 is 0. The van der Waals surface area contributed by atoms with Crippen molar-refractivity contribution in [1.82, 2.24) is 24.4 Å². The van der Waals surface area contributed by atoms with Gasteiger partial charge in [0.1, 0.15) is 5.82 Å². The molecule has 1 N–H and O–H groups in total. The number of anilines is 1. The Bertz CT molecular complexity index is 701. The van der Waals surface area contributed by atoms with Crippen LogP contribution in [0.1, 0.15) is 18.3 Å². The molecule has 1 fully saturated rings. The Kier molecular flexibility index (Phi) is 4.14. The van der Waals surface area contributed by atoms with E-state index in [1.165, 1.54) is 0 Å². The summed E-state index contributed by atoms with van der Waals surface area (Å²) in [6.07, 6.45) is 5.75. The van der Waals surface area contributed by atoms with Crippen LogP contribution in [0.5, 0.6) is 5.88 Å². The second-order valence-corrected chi connectivity index (χ2v) is 5.61. The highest BCUT2D eigenvalue weighted by molar-refractivity contribution is 5.79. The van der Waals surface area contributed by atoms with Gasteiger partial charge in [-0.05, 0) is 0 Å². The molecule has 8 heteroatoms. The molecule has 122 valence electrons. The lowest BCUT2D eigenvalue weighted by Gasteiger charge is -2.24. The first-order valence-corrected chi connectivity index (χ1v) is 7.44. The third-order valence-corrected chi connectivity index (χ3v) is 4.18. The molecular formula is C15H20N6O2. The summed E-state index contributed by atoms with van der Waals surface area (Å²) in [6.45, 7) is 0.584. The number of nitrogens with zero attached hydrogens (tertiary/aromatic N) is 5. The van der Waals surface area contributed by atoms with Gasteiger partial charge in [0.05, 0.1) is 13.2 Å². The predicted molar refractivity (Wildman–Crippen MR) is 83.9 cm³/mol. The number of imidazole rings is 1. The Balaban J connectivity index is 1.75. The van der Waals surface area contributed by atoms with Crippen molar-refractivity contribution in [3.8, 4) is 5.88 Å². The van der Waals surface area contributed by atoms with E-state index in [-0.39, 0.29) is 17.9 Å². The maximum atomic E-state index is 12.1. The first-order chi connectivity index (χ1) is 11.1. The van der Waals surface area contributed by atoms with E-state index in [9.17, 15) is 4.79 Å². The molecule has 8 nitrogen and oxygen atoms in total. The van der Waals surface area contributed by atoms with Crippen LogP contribution in [-0.4, -0.2) is 51.0 Å². The van der Waals surface area contributed by atoms with E-state index in [2.05, 4.69) is 20.3 Å². The summed E-state index contributed by atoms with van der Waals surface area (Å²) < 4.78 is 7.04. The summed E-state index contributed by atoms with van der Waals surface area (Å²) in [4.78, 5) is 26.7. The molecule has 2 aromatic rings. The Morgan fingerprint density at radius 3 is 2.87 bits per heavy atom. The molecule has 2 aromatic heterocycles. The van der Waals surface area contributed by atoms with E-state index in [4.69, 9.17) is 4.74 Å². The number of amides is 1. The van der Waals surface area contributed by atoms with Gasteiger partial charge in [-0.1, -0.05) is 0 Å². The number of hydrogen-bond acceptors (Lipinski definition) is 6. The Hall–Kier alpha value is -2.64. The molecular weight excluding hydrogens is 296 g/mol. The number of aromatic nitrogens is 4. The van der Waals surface area contributed by atoms with E-state index in [1.807, 2.05) is 24.9 Å². The highest BCUT2D eigenvalue weighted by atomic mass is 16.5. The van der Waals surface area contributed by atoms with Crippen molar-refractivity contribution in [2.24, 2.45) is 13.0 Å². The summed E-state index contributed by atoms with van der Waals surface area (Å²) in [5.74, 6) is 2.10. The van der Waals surface area contributed by atoms with Gasteiger partial charge in [0.15, 0.2) is 0 Å². The number of rotatable bonds is 5. The molecule has 0 unspecified atom stereocenters. The third-order valence-electron chi connectivity index (χ3n) is 4.18. The number of carbonyl (C=O) groups excluding carboxylic acids is 1. The zero-order chi connectivity index (χ0) is 16.4. The molecule has 0 saturated carbocycles. The lowest BCUT2D eigenvalue weighted by Crippen LogP contribution is -2.29.